The van der Waals surface area contributed by atoms with Crippen molar-refractivity contribution in [1.82, 2.24) is 9.13 Å². The summed E-state index contributed by atoms with van der Waals surface area (Å²) < 4.78 is 46.0. The number of aromatic nitrogens is 2. The normalized spacial score (nSPS) is 25.7. The van der Waals surface area contributed by atoms with Crippen molar-refractivity contribution < 1.29 is 41.5 Å². The molecule has 0 saturated carbocycles. The third-order valence-electron chi connectivity index (χ3n) is 8.46. The van der Waals surface area contributed by atoms with Crippen LogP contribution in [0.15, 0.2) is 21.9 Å². The molecule has 0 spiro atoms. The second-order valence-corrected chi connectivity index (χ2v) is 24.5. The number of carbonyl (C=O) groups excluding carboxylic acids is 2. The fourth-order valence-corrected chi connectivity index (χ4v) is 17.5. The van der Waals surface area contributed by atoms with Gasteiger partial charge in [-0.1, -0.05) is 61.3 Å². The molecule has 0 N–H and O–H groups in total. The highest BCUT2D eigenvalue weighted by molar-refractivity contribution is 6.84. The Kier molecular flexibility index (Phi) is 11.5. The Morgan fingerprint density at radius 3 is 1.90 bits per heavy atom. The number of ether oxygens (including phenoxy) is 4. The number of hydrogen-bond donors (Lipinski definition) is 0. The first-order valence-electron chi connectivity index (χ1n) is 16.5. The summed E-state index contributed by atoms with van der Waals surface area (Å²) in [5.74, 6) is 2.59. The van der Waals surface area contributed by atoms with E-state index in [-0.39, 0.29) is 28.8 Å². The summed E-state index contributed by atoms with van der Waals surface area (Å²) in [5, 5.41) is 0. The summed E-state index contributed by atoms with van der Waals surface area (Å²) in [6.45, 7) is 26.1. The molecule has 1 aromatic heterocycles. The molecule has 1 unspecified atom stereocenters. The summed E-state index contributed by atoms with van der Waals surface area (Å²) in [6.07, 6.45) is 1.31. The molecular formula is C33H54N2O11Si2. The topological polar surface area (TPSA) is 143 Å². The van der Waals surface area contributed by atoms with Gasteiger partial charge >= 0.3 is 35.1 Å². The first-order valence-corrected chi connectivity index (χ1v) is 20.5. The lowest BCUT2D eigenvalue weighted by atomic mass is 9.94. The van der Waals surface area contributed by atoms with E-state index >= 15 is 0 Å². The maximum absolute atomic E-state index is 14.0. The van der Waals surface area contributed by atoms with Gasteiger partial charge in [0.15, 0.2) is 6.23 Å². The number of hydrogen-bond acceptors (Lipinski definition) is 11. The van der Waals surface area contributed by atoms with Crippen LogP contribution in [0.25, 0.3) is 0 Å². The summed E-state index contributed by atoms with van der Waals surface area (Å²) in [5.41, 5.74) is -6.40. The summed E-state index contributed by atoms with van der Waals surface area (Å²) >= 11 is 0. The van der Waals surface area contributed by atoms with Gasteiger partial charge in [0.1, 0.15) is 23.4 Å². The minimum Gasteiger partial charge on any atom is -0.443 e. The third-order valence-corrected chi connectivity index (χ3v) is 18.7. The Balaban J connectivity index is 2.36. The first-order chi connectivity index (χ1) is 21.9. The van der Waals surface area contributed by atoms with Crippen LogP contribution >= 0.6 is 0 Å². The zero-order valence-corrected chi connectivity index (χ0v) is 32.9. The van der Waals surface area contributed by atoms with Crippen molar-refractivity contribution in [2.75, 3.05) is 6.61 Å². The predicted octanol–water partition coefficient (Wildman–Crippen LogP) is 5.97. The van der Waals surface area contributed by atoms with Crippen molar-refractivity contribution in [2.45, 2.75) is 154 Å². The molecule has 0 radical (unpaired) electrons. The molecule has 270 valence electrons. The molecule has 4 atom stereocenters. The van der Waals surface area contributed by atoms with Crippen molar-refractivity contribution in [3.8, 4) is 12.3 Å². The van der Waals surface area contributed by atoms with Crippen LogP contribution in [0.1, 0.15) is 103 Å². The molecule has 3 heterocycles. The van der Waals surface area contributed by atoms with E-state index in [1.807, 2.05) is 27.7 Å². The van der Waals surface area contributed by atoms with E-state index in [1.165, 1.54) is 0 Å². The van der Waals surface area contributed by atoms with E-state index in [4.69, 9.17) is 38.3 Å². The van der Waals surface area contributed by atoms with Gasteiger partial charge < -0.3 is 31.9 Å². The number of rotatable bonds is 6. The highest BCUT2D eigenvalue weighted by atomic mass is 28.5. The predicted molar refractivity (Wildman–Crippen MR) is 183 cm³/mol. The van der Waals surface area contributed by atoms with Crippen LogP contribution in [-0.2, 0) is 31.9 Å². The zero-order valence-electron chi connectivity index (χ0n) is 30.9. The Morgan fingerprint density at radius 2 is 1.44 bits per heavy atom. The molecule has 0 aromatic carbocycles. The fourth-order valence-electron chi connectivity index (χ4n) is 6.29. The zero-order chi connectivity index (χ0) is 36.8. The molecular weight excluding hydrogens is 657 g/mol. The molecule has 2 fully saturated rings. The van der Waals surface area contributed by atoms with Crippen molar-refractivity contribution in [3.05, 3.63) is 33.1 Å². The van der Waals surface area contributed by atoms with Crippen molar-refractivity contribution in [2.24, 2.45) is 0 Å². The Hall–Kier alpha value is -2.75. The molecule has 3 rings (SSSR count). The van der Waals surface area contributed by atoms with Gasteiger partial charge in [-0.05, 0) is 63.7 Å². The number of fused-ring (bicyclic) bond motifs is 1. The molecule has 2 saturated heterocycles. The van der Waals surface area contributed by atoms with E-state index < -0.39 is 75.9 Å². The highest BCUT2D eigenvalue weighted by Crippen LogP contribution is 2.51. The number of terminal acetylenes is 1. The van der Waals surface area contributed by atoms with Gasteiger partial charge in [0.05, 0.1) is 6.61 Å². The van der Waals surface area contributed by atoms with Gasteiger partial charge in [-0.3, -0.25) is 9.36 Å². The minimum atomic E-state index is -3.37. The van der Waals surface area contributed by atoms with Crippen LogP contribution in [0.5, 0.6) is 0 Å². The molecule has 2 aliphatic heterocycles. The third kappa shape index (κ3) is 7.53. The number of nitrogens with zero attached hydrogens (tertiary/aromatic N) is 2. The Labute approximate surface area is 286 Å². The standard InChI is InChI=1S/C33H54N2O11Si2/c1-16-33(44-30(39)43-32(13,14)15)26-24(19-40-47(20(2)3,21(4)5)46-48(45-26,22(6)7)23(8)9)41-27(33)34-18-17-25(36)35(28(34)37)29(38)42-31(10,11)12/h1,17-18,20-24,26-27H,19H2,2-15H3/t24-,26-,27?,33-/m1/s1. The first kappa shape index (κ1) is 39.7. The lowest BCUT2D eigenvalue weighted by Crippen LogP contribution is -2.67. The fraction of sp³-hybridized carbons (Fsp3) is 0.758. The SMILES string of the molecule is C#C[C@]1(OC(=O)OC(C)(C)C)C(n2ccc(=O)n(C(=O)OC(C)(C)C)c2=O)O[C@@H]2CO[Si](C(C)C)(C(C)C)O[Si](C(C)C)(C(C)C)O[C@H]21. The van der Waals surface area contributed by atoms with Gasteiger partial charge in [-0.25, -0.2) is 14.4 Å². The van der Waals surface area contributed by atoms with Crippen LogP contribution < -0.4 is 11.2 Å². The Morgan fingerprint density at radius 1 is 0.917 bits per heavy atom. The number of carbonyl (C=O) groups is 2. The smallest absolute Gasteiger partial charge is 0.443 e. The van der Waals surface area contributed by atoms with Gasteiger partial charge in [-0.2, -0.15) is 4.57 Å². The quantitative estimate of drug-likeness (QED) is 0.196. The second-order valence-electron chi connectivity index (χ2n) is 15.7. The van der Waals surface area contributed by atoms with Crippen LogP contribution in [0.4, 0.5) is 9.59 Å². The van der Waals surface area contributed by atoms with E-state index in [1.54, 1.807) is 41.5 Å². The Bertz CT molecular complexity index is 1500. The van der Waals surface area contributed by atoms with Crippen molar-refractivity contribution in [3.63, 3.8) is 0 Å². The average molecular weight is 711 g/mol. The van der Waals surface area contributed by atoms with Gasteiger partial charge in [0.25, 0.3) is 5.56 Å². The molecule has 15 heteroatoms. The van der Waals surface area contributed by atoms with E-state index in [9.17, 15) is 19.2 Å². The van der Waals surface area contributed by atoms with E-state index in [0.717, 1.165) is 16.8 Å². The van der Waals surface area contributed by atoms with E-state index in [2.05, 4.69) is 33.6 Å². The van der Waals surface area contributed by atoms with Gasteiger partial charge in [0.2, 0.25) is 5.60 Å². The average Bonchev–Trinajstić information content (AvgIpc) is 3.17. The molecule has 48 heavy (non-hydrogen) atoms. The highest BCUT2D eigenvalue weighted by Gasteiger charge is 2.68. The monoisotopic (exact) mass is 710 g/mol. The summed E-state index contributed by atoms with van der Waals surface area (Å²) in [4.78, 5) is 53.5. The van der Waals surface area contributed by atoms with Crippen LogP contribution in [0.3, 0.4) is 0 Å². The minimum absolute atomic E-state index is 0.0228. The lowest BCUT2D eigenvalue weighted by molar-refractivity contribution is -0.111. The van der Waals surface area contributed by atoms with Gasteiger partial charge in [-0.15, -0.1) is 6.42 Å². The maximum Gasteiger partial charge on any atom is 0.510 e. The largest absolute Gasteiger partial charge is 0.510 e. The molecule has 0 aliphatic carbocycles. The van der Waals surface area contributed by atoms with E-state index in [0.29, 0.717) is 4.57 Å². The van der Waals surface area contributed by atoms with Crippen LogP contribution in [-0.4, -0.2) is 74.1 Å². The molecule has 13 nitrogen and oxygen atoms in total. The summed E-state index contributed by atoms with van der Waals surface area (Å²) in [7, 11) is -6.40. The molecule has 0 amide bonds. The van der Waals surface area contributed by atoms with Crippen molar-refractivity contribution >= 4 is 29.4 Å². The van der Waals surface area contributed by atoms with Gasteiger partial charge in [0, 0.05) is 12.3 Å². The van der Waals surface area contributed by atoms with Crippen molar-refractivity contribution in [1.29, 1.82) is 0 Å². The second kappa shape index (κ2) is 13.9. The lowest BCUT2D eigenvalue weighted by Gasteiger charge is -2.52. The molecule has 2 aliphatic rings. The maximum atomic E-state index is 14.0. The van der Waals surface area contributed by atoms with Crippen LogP contribution in [0, 0.1) is 12.3 Å². The molecule has 1 aromatic rings. The van der Waals surface area contributed by atoms with Crippen LogP contribution in [0.2, 0.25) is 22.2 Å². The molecule has 0 bridgehead atoms. The summed E-state index contributed by atoms with van der Waals surface area (Å²) in [6, 6.07) is 1.00.